The van der Waals surface area contributed by atoms with Crippen LogP contribution in [0.5, 0.6) is 5.75 Å². The number of amides is 2. The fourth-order valence-electron chi connectivity index (χ4n) is 4.65. The number of hydrogen-bond acceptors (Lipinski definition) is 3. The average Bonchev–Trinajstić information content (AvgIpc) is 2.79. The molecular formula is C27H28N2O3. The molecule has 5 nitrogen and oxygen atoms in total. The van der Waals surface area contributed by atoms with Crippen molar-refractivity contribution in [2.24, 2.45) is 0 Å². The van der Waals surface area contributed by atoms with Gasteiger partial charge in [0, 0.05) is 39.4 Å². The van der Waals surface area contributed by atoms with E-state index < -0.39 is 5.54 Å². The molecular weight excluding hydrogens is 400 g/mol. The molecule has 0 aromatic heterocycles. The van der Waals surface area contributed by atoms with Gasteiger partial charge in [0.05, 0.1) is 0 Å². The number of rotatable bonds is 6. The Morgan fingerprint density at radius 1 is 0.812 bits per heavy atom. The first kappa shape index (κ1) is 21.6. The number of benzene rings is 3. The summed E-state index contributed by atoms with van der Waals surface area (Å²) in [7, 11) is 0. The lowest BCUT2D eigenvalue weighted by atomic mass is 9.80. The largest absolute Gasteiger partial charge is 0.508 e. The van der Waals surface area contributed by atoms with Crippen molar-refractivity contribution in [2.75, 3.05) is 13.1 Å². The van der Waals surface area contributed by atoms with Crippen LogP contribution in [0.25, 0.3) is 0 Å². The third-order valence-electron chi connectivity index (χ3n) is 6.16. The number of carbonyl (C=O) groups excluding carboxylic acids is 2. The van der Waals surface area contributed by atoms with Crippen LogP contribution in [0.3, 0.4) is 0 Å². The number of aromatic hydroxyl groups is 1. The summed E-state index contributed by atoms with van der Waals surface area (Å²) in [4.78, 5) is 30.5. The van der Waals surface area contributed by atoms with Crippen LogP contribution in [0.1, 0.15) is 23.6 Å². The van der Waals surface area contributed by atoms with Crippen LogP contribution in [0, 0.1) is 0 Å². The zero-order valence-corrected chi connectivity index (χ0v) is 18.3. The minimum absolute atomic E-state index is 0.0419. The second-order valence-corrected chi connectivity index (χ2v) is 8.42. The molecule has 0 aliphatic carbocycles. The van der Waals surface area contributed by atoms with E-state index in [0.29, 0.717) is 32.5 Å². The van der Waals surface area contributed by atoms with Gasteiger partial charge in [-0.2, -0.15) is 0 Å². The number of hydrogen-bond donors (Lipinski definition) is 1. The Bertz CT molecular complexity index is 1020. The third kappa shape index (κ3) is 4.52. The van der Waals surface area contributed by atoms with Crippen LogP contribution in [0.4, 0.5) is 0 Å². The highest BCUT2D eigenvalue weighted by molar-refractivity contribution is 5.93. The van der Waals surface area contributed by atoms with Crippen LogP contribution in [0.2, 0.25) is 0 Å². The first-order valence-corrected chi connectivity index (χ1v) is 10.9. The van der Waals surface area contributed by atoms with Crippen molar-refractivity contribution in [2.45, 2.75) is 31.8 Å². The highest BCUT2D eigenvalue weighted by atomic mass is 16.3. The van der Waals surface area contributed by atoms with Gasteiger partial charge in [-0.3, -0.25) is 9.59 Å². The molecule has 0 bridgehead atoms. The van der Waals surface area contributed by atoms with E-state index in [-0.39, 0.29) is 17.6 Å². The number of phenols is 1. The van der Waals surface area contributed by atoms with E-state index in [4.69, 9.17) is 0 Å². The molecule has 4 rings (SSSR count). The quantitative estimate of drug-likeness (QED) is 0.650. The van der Waals surface area contributed by atoms with Crippen molar-refractivity contribution < 1.29 is 14.7 Å². The zero-order chi connectivity index (χ0) is 22.6. The van der Waals surface area contributed by atoms with Gasteiger partial charge in [-0.25, -0.2) is 0 Å². The van der Waals surface area contributed by atoms with Gasteiger partial charge in [-0.15, -0.1) is 0 Å². The molecule has 1 saturated heterocycles. The second kappa shape index (κ2) is 9.27. The maximum Gasteiger partial charge on any atom is 0.249 e. The Morgan fingerprint density at radius 3 is 1.84 bits per heavy atom. The SMILES string of the molecule is CC(=O)N1CCN(Cc2ccc(O)cc2)C(=O)C1(Cc1ccccc1)Cc1ccccc1. The van der Waals surface area contributed by atoms with E-state index in [1.54, 1.807) is 24.0 Å². The minimum Gasteiger partial charge on any atom is -0.508 e. The average molecular weight is 429 g/mol. The smallest absolute Gasteiger partial charge is 0.249 e. The topological polar surface area (TPSA) is 60.9 Å². The molecule has 3 aromatic carbocycles. The van der Waals surface area contributed by atoms with Crippen LogP contribution < -0.4 is 0 Å². The maximum absolute atomic E-state index is 14.1. The third-order valence-corrected chi connectivity index (χ3v) is 6.16. The van der Waals surface area contributed by atoms with E-state index in [9.17, 15) is 14.7 Å². The lowest BCUT2D eigenvalue weighted by molar-refractivity contribution is -0.161. The molecule has 0 saturated carbocycles. The number of phenolic OH excluding ortho intramolecular Hbond substituents is 1. The molecule has 1 fully saturated rings. The first-order chi connectivity index (χ1) is 15.5. The van der Waals surface area contributed by atoms with Crippen molar-refractivity contribution in [3.8, 4) is 5.75 Å². The van der Waals surface area contributed by atoms with Gasteiger partial charge in [0.2, 0.25) is 11.8 Å². The van der Waals surface area contributed by atoms with Crippen LogP contribution in [-0.4, -0.2) is 45.3 Å². The lowest BCUT2D eigenvalue weighted by Crippen LogP contribution is -2.68. The summed E-state index contributed by atoms with van der Waals surface area (Å²) in [5, 5.41) is 9.60. The van der Waals surface area contributed by atoms with Crippen molar-refractivity contribution in [1.29, 1.82) is 0 Å². The van der Waals surface area contributed by atoms with Crippen molar-refractivity contribution in [1.82, 2.24) is 9.80 Å². The maximum atomic E-state index is 14.1. The van der Waals surface area contributed by atoms with Crippen LogP contribution >= 0.6 is 0 Å². The van der Waals surface area contributed by atoms with Gasteiger partial charge in [-0.05, 0) is 28.8 Å². The van der Waals surface area contributed by atoms with E-state index in [1.165, 1.54) is 0 Å². The van der Waals surface area contributed by atoms with Gasteiger partial charge >= 0.3 is 0 Å². The highest BCUT2D eigenvalue weighted by Crippen LogP contribution is 2.32. The summed E-state index contributed by atoms with van der Waals surface area (Å²) >= 11 is 0. The Kier molecular flexibility index (Phi) is 6.26. The van der Waals surface area contributed by atoms with Crippen LogP contribution in [0.15, 0.2) is 84.9 Å². The highest BCUT2D eigenvalue weighted by Gasteiger charge is 2.50. The number of piperazine rings is 1. The fraction of sp³-hybridized carbons (Fsp3) is 0.259. The zero-order valence-electron chi connectivity index (χ0n) is 18.3. The van der Waals surface area contributed by atoms with Gasteiger partial charge in [0.1, 0.15) is 11.3 Å². The summed E-state index contributed by atoms with van der Waals surface area (Å²) in [5.74, 6) is 0.0678. The minimum atomic E-state index is -0.996. The molecule has 164 valence electrons. The van der Waals surface area contributed by atoms with E-state index >= 15 is 0 Å². The van der Waals surface area contributed by atoms with Crippen molar-refractivity contribution >= 4 is 11.8 Å². The normalized spacial score (nSPS) is 15.6. The van der Waals surface area contributed by atoms with Gasteiger partial charge in [-0.1, -0.05) is 72.8 Å². The molecule has 5 heteroatoms. The summed E-state index contributed by atoms with van der Waals surface area (Å²) in [6.07, 6.45) is 0.903. The summed E-state index contributed by atoms with van der Waals surface area (Å²) in [6, 6.07) is 26.7. The Balaban J connectivity index is 1.74. The number of nitrogens with zero attached hydrogens (tertiary/aromatic N) is 2. The Hall–Kier alpha value is -3.60. The standard InChI is InChI=1S/C27H28N2O3/c1-21(30)29-17-16-28(20-24-12-14-25(31)15-13-24)26(32)27(29,18-22-8-4-2-5-9-22)19-23-10-6-3-7-11-23/h2-15,31H,16-20H2,1H3. The molecule has 32 heavy (non-hydrogen) atoms. The van der Waals surface area contributed by atoms with Gasteiger partial charge in [0.15, 0.2) is 0 Å². The fourth-order valence-corrected chi connectivity index (χ4v) is 4.65. The predicted molar refractivity (Wildman–Crippen MR) is 124 cm³/mol. The Morgan fingerprint density at radius 2 is 1.34 bits per heavy atom. The molecule has 0 unspecified atom stereocenters. The lowest BCUT2D eigenvalue weighted by Gasteiger charge is -2.50. The van der Waals surface area contributed by atoms with E-state index in [1.807, 2.05) is 77.7 Å². The van der Waals surface area contributed by atoms with Crippen molar-refractivity contribution in [3.05, 3.63) is 102 Å². The molecule has 0 spiro atoms. The Labute approximate surface area is 188 Å². The van der Waals surface area contributed by atoms with E-state index in [2.05, 4.69) is 0 Å². The van der Waals surface area contributed by atoms with Gasteiger partial charge < -0.3 is 14.9 Å². The molecule has 2 amide bonds. The summed E-state index contributed by atoms with van der Waals surface area (Å²) < 4.78 is 0. The molecule has 0 radical (unpaired) electrons. The molecule has 1 aliphatic heterocycles. The molecule has 1 heterocycles. The number of carbonyl (C=O) groups is 2. The predicted octanol–water partition coefficient (Wildman–Crippen LogP) is 3.81. The van der Waals surface area contributed by atoms with Crippen molar-refractivity contribution in [3.63, 3.8) is 0 Å². The molecule has 1 aliphatic rings. The summed E-state index contributed by atoms with van der Waals surface area (Å²) in [5.41, 5.74) is 1.99. The molecule has 1 N–H and O–H groups in total. The monoisotopic (exact) mass is 428 g/mol. The molecule has 3 aromatic rings. The molecule has 0 atom stereocenters. The van der Waals surface area contributed by atoms with Gasteiger partial charge in [0.25, 0.3) is 0 Å². The second-order valence-electron chi connectivity index (χ2n) is 8.42. The van der Waals surface area contributed by atoms with E-state index in [0.717, 1.165) is 16.7 Å². The summed E-state index contributed by atoms with van der Waals surface area (Å²) in [6.45, 7) is 2.95. The first-order valence-electron chi connectivity index (χ1n) is 10.9. The van der Waals surface area contributed by atoms with Crippen LogP contribution in [-0.2, 0) is 29.0 Å².